The summed E-state index contributed by atoms with van der Waals surface area (Å²) in [5.74, 6) is 5.45. The summed E-state index contributed by atoms with van der Waals surface area (Å²) in [7, 11) is 0. The zero-order chi connectivity index (χ0) is 14.7. The lowest BCUT2D eigenvalue weighted by Gasteiger charge is -2.22. The van der Waals surface area contributed by atoms with E-state index in [1.807, 2.05) is 11.0 Å². The van der Waals surface area contributed by atoms with Crippen LogP contribution in [0.2, 0.25) is 0 Å². The number of hydrogen-bond acceptors (Lipinski definition) is 4. The van der Waals surface area contributed by atoms with Gasteiger partial charge in [0.15, 0.2) is 0 Å². The molecular formula is C16H18N4O. The Morgan fingerprint density at radius 3 is 2.86 bits per heavy atom. The molecule has 0 bridgehead atoms. The third-order valence-electron chi connectivity index (χ3n) is 3.85. The van der Waals surface area contributed by atoms with Crippen molar-refractivity contribution in [2.45, 2.75) is 19.4 Å². The van der Waals surface area contributed by atoms with E-state index in [0.29, 0.717) is 17.8 Å². The number of aromatic nitrogens is 1. The molecule has 0 saturated heterocycles. The average molecular weight is 282 g/mol. The third kappa shape index (κ3) is 2.73. The average Bonchev–Trinajstić information content (AvgIpc) is 2.76. The molecule has 1 aliphatic heterocycles. The van der Waals surface area contributed by atoms with E-state index in [1.165, 1.54) is 11.1 Å². The summed E-state index contributed by atoms with van der Waals surface area (Å²) in [6.45, 7) is 1.39. The van der Waals surface area contributed by atoms with Gasteiger partial charge in [-0.3, -0.25) is 15.6 Å². The number of nitrogens with zero attached hydrogens (tertiary/aromatic N) is 2. The van der Waals surface area contributed by atoms with Crippen molar-refractivity contribution in [3.8, 4) is 0 Å². The van der Waals surface area contributed by atoms with Gasteiger partial charge in [-0.25, -0.2) is 0 Å². The second kappa shape index (κ2) is 5.93. The fraction of sp³-hybridized carbons (Fsp3) is 0.250. The van der Waals surface area contributed by atoms with Crippen LogP contribution in [0.4, 0.5) is 5.69 Å². The summed E-state index contributed by atoms with van der Waals surface area (Å²) in [4.78, 5) is 18.6. The van der Waals surface area contributed by atoms with Crippen LogP contribution in [-0.2, 0) is 13.0 Å². The number of nitrogen functional groups attached to an aromatic ring is 1. The summed E-state index contributed by atoms with van der Waals surface area (Å²) in [6, 6.07) is 10.0. The minimum absolute atomic E-state index is 0.0120. The fourth-order valence-electron chi connectivity index (χ4n) is 2.74. The van der Waals surface area contributed by atoms with Crippen molar-refractivity contribution in [3.05, 3.63) is 59.4 Å². The lowest BCUT2D eigenvalue weighted by atomic mass is 10.0. The highest BCUT2D eigenvalue weighted by molar-refractivity contribution is 5.99. The Balaban J connectivity index is 1.88. The van der Waals surface area contributed by atoms with E-state index in [2.05, 4.69) is 28.6 Å². The third-order valence-corrected chi connectivity index (χ3v) is 3.85. The number of carbonyl (C=O) groups is 1. The van der Waals surface area contributed by atoms with Crippen LogP contribution in [0.15, 0.2) is 42.7 Å². The van der Waals surface area contributed by atoms with Gasteiger partial charge in [0.2, 0.25) is 0 Å². The Bertz CT molecular complexity index is 656. The van der Waals surface area contributed by atoms with E-state index >= 15 is 0 Å². The van der Waals surface area contributed by atoms with E-state index in [0.717, 1.165) is 19.4 Å². The summed E-state index contributed by atoms with van der Waals surface area (Å²) in [5.41, 5.74) is 6.21. The molecule has 1 aromatic carbocycles. The van der Waals surface area contributed by atoms with Crippen LogP contribution < -0.4 is 11.3 Å². The Kier molecular flexibility index (Phi) is 3.83. The molecule has 0 radical (unpaired) electrons. The van der Waals surface area contributed by atoms with E-state index in [-0.39, 0.29) is 5.91 Å². The minimum atomic E-state index is -0.0120. The second-order valence-corrected chi connectivity index (χ2v) is 5.16. The van der Waals surface area contributed by atoms with Crippen molar-refractivity contribution in [2.75, 3.05) is 12.0 Å². The molecule has 0 unspecified atom stereocenters. The Morgan fingerprint density at radius 2 is 2.05 bits per heavy atom. The highest BCUT2D eigenvalue weighted by Crippen LogP contribution is 2.22. The molecule has 5 nitrogen and oxygen atoms in total. The molecule has 21 heavy (non-hydrogen) atoms. The Morgan fingerprint density at radius 1 is 1.24 bits per heavy atom. The number of carbonyl (C=O) groups excluding carboxylic acids is 1. The minimum Gasteiger partial charge on any atom is -0.334 e. The van der Waals surface area contributed by atoms with Gasteiger partial charge in [-0.15, -0.1) is 0 Å². The van der Waals surface area contributed by atoms with Crippen LogP contribution in [0, 0.1) is 0 Å². The van der Waals surface area contributed by atoms with Crippen LogP contribution in [0.5, 0.6) is 0 Å². The zero-order valence-electron chi connectivity index (χ0n) is 11.7. The summed E-state index contributed by atoms with van der Waals surface area (Å²) >= 11 is 0. The largest absolute Gasteiger partial charge is 0.334 e. The van der Waals surface area contributed by atoms with Gasteiger partial charge in [0.05, 0.1) is 17.4 Å². The van der Waals surface area contributed by atoms with E-state index in [4.69, 9.17) is 5.84 Å². The highest BCUT2D eigenvalue weighted by atomic mass is 16.2. The first kappa shape index (κ1) is 13.6. The van der Waals surface area contributed by atoms with Gasteiger partial charge in [-0.2, -0.15) is 0 Å². The first-order valence-corrected chi connectivity index (χ1v) is 7.06. The number of pyridine rings is 1. The molecule has 0 aliphatic carbocycles. The fourth-order valence-corrected chi connectivity index (χ4v) is 2.74. The molecule has 0 saturated carbocycles. The standard InChI is InChI=1S/C16H18N4O/c17-19-15-10-18-8-7-14(15)16(21)20-9-3-6-12-4-1-2-5-13(12)11-20/h1-2,4-5,7-8,10,19H,3,6,9,11,17H2. The lowest BCUT2D eigenvalue weighted by molar-refractivity contribution is 0.0746. The van der Waals surface area contributed by atoms with Crippen LogP contribution in [0.3, 0.4) is 0 Å². The Labute approximate surface area is 123 Å². The van der Waals surface area contributed by atoms with Gasteiger partial charge in [0, 0.05) is 19.3 Å². The van der Waals surface area contributed by atoms with Gasteiger partial charge in [0.25, 0.3) is 5.91 Å². The van der Waals surface area contributed by atoms with Gasteiger partial charge >= 0.3 is 0 Å². The molecular weight excluding hydrogens is 264 g/mol. The SMILES string of the molecule is NNc1cnccc1C(=O)N1CCCc2ccccc2C1. The van der Waals surface area contributed by atoms with Gasteiger partial charge in [-0.1, -0.05) is 24.3 Å². The summed E-state index contributed by atoms with van der Waals surface area (Å²) in [6.07, 6.45) is 5.16. The molecule has 3 rings (SSSR count). The molecule has 2 aromatic rings. The predicted octanol–water partition coefficient (Wildman–Crippen LogP) is 1.96. The number of fused-ring (bicyclic) bond motifs is 1. The maximum Gasteiger partial charge on any atom is 0.256 e. The first-order valence-electron chi connectivity index (χ1n) is 7.06. The molecule has 5 heteroatoms. The zero-order valence-corrected chi connectivity index (χ0v) is 11.7. The molecule has 0 fully saturated rings. The molecule has 2 heterocycles. The molecule has 108 valence electrons. The van der Waals surface area contributed by atoms with Crippen LogP contribution in [0.25, 0.3) is 0 Å². The molecule has 0 atom stereocenters. The van der Waals surface area contributed by atoms with E-state index in [9.17, 15) is 4.79 Å². The maximum absolute atomic E-state index is 12.7. The van der Waals surface area contributed by atoms with Gasteiger partial charge in [-0.05, 0) is 30.0 Å². The number of hydrogen-bond donors (Lipinski definition) is 2. The number of hydrazine groups is 1. The number of amides is 1. The van der Waals surface area contributed by atoms with Crippen molar-refractivity contribution in [2.24, 2.45) is 5.84 Å². The number of aryl methyl sites for hydroxylation is 1. The maximum atomic E-state index is 12.7. The van der Waals surface area contributed by atoms with Crippen molar-refractivity contribution in [1.29, 1.82) is 0 Å². The summed E-state index contributed by atoms with van der Waals surface area (Å²) in [5, 5.41) is 0. The second-order valence-electron chi connectivity index (χ2n) is 5.16. The van der Waals surface area contributed by atoms with Gasteiger partial charge in [0.1, 0.15) is 0 Å². The van der Waals surface area contributed by atoms with Crippen molar-refractivity contribution in [3.63, 3.8) is 0 Å². The normalized spacial score (nSPS) is 14.2. The number of benzene rings is 1. The van der Waals surface area contributed by atoms with Crippen molar-refractivity contribution >= 4 is 11.6 Å². The first-order chi connectivity index (χ1) is 10.3. The number of nitrogens with two attached hydrogens (primary N) is 1. The topological polar surface area (TPSA) is 71.2 Å². The number of nitrogens with one attached hydrogen (secondary N) is 1. The van der Waals surface area contributed by atoms with Crippen LogP contribution in [0.1, 0.15) is 27.9 Å². The predicted molar refractivity (Wildman–Crippen MR) is 81.6 cm³/mol. The number of rotatable bonds is 2. The van der Waals surface area contributed by atoms with E-state index < -0.39 is 0 Å². The summed E-state index contributed by atoms with van der Waals surface area (Å²) < 4.78 is 0. The smallest absolute Gasteiger partial charge is 0.256 e. The van der Waals surface area contributed by atoms with Crippen LogP contribution >= 0.6 is 0 Å². The lowest BCUT2D eigenvalue weighted by Crippen LogP contribution is -2.31. The molecule has 1 aliphatic rings. The quantitative estimate of drug-likeness (QED) is 0.652. The molecule has 3 N–H and O–H groups in total. The highest BCUT2D eigenvalue weighted by Gasteiger charge is 2.21. The molecule has 1 amide bonds. The Hall–Kier alpha value is -2.40. The monoisotopic (exact) mass is 282 g/mol. The number of anilines is 1. The van der Waals surface area contributed by atoms with Gasteiger partial charge < -0.3 is 10.3 Å². The van der Waals surface area contributed by atoms with Crippen LogP contribution in [-0.4, -0.2) is 22.3 Å². The van der Waals surface area contributed by atoms with E-state index in [1.54, 1.807) is 18.5 Å². The van der Waals surface area contributed by atoms with Crippen molar-refractivity contribution in [1.82, 2.24) is 9.88 Å². The van der Waals surface area contributed by atoms with Crippen molar-refractivity contribution < 1.29 is 4.79 Å². The molecule has 1 aromatic heterocycles. The molecule has 0 spiro atoms.